The largest absolute Gasteiger partial charge is 0.311 e. The summed E-state index contributed by atoms with van der Waals surface area (Å²) in [6, 6.07) is 1.66. The summed E-state index contributed by atoms with van der Waals surface area (Å²) in [5, 5.41) is 3.51. The van der Waals surface area contributed by atoms with Crippen molar-refractivity contribution in [3.8, 4) is 0 Å². The quantitative estimate of drug-likeness (QED) is 0.643. The van der Waals surface area contributed by atoms with E-state index in [1.807, 2.05) is 0 Å². The van der Waals surface area contributed by atoms with Gasteiger partial charge < -0.3 is 10.2 Å². The standard InChI is InChI=1S/C11H20N2/c1-8(2)13-4-3-11(10-6-12-10)5-9(11)7-13/h8-10,12H,3-7H2,1-2H3. The van der Waals surface area contributed by atoms with Crippen molar-refractivity contribution in [1.82, 2.24) is 10.2 Å². The monoisotopic (exact) mass is 180 g/mol. The van der Waals surface area contributed by atoms with Gasteiger partial charge in [0.25, 0.3) is 0 Å². The van der Waals surface area contributed by atoms with Crippen LogP contribution in [0.4, 0.5) is 0 Å². The van der Waals surface area contributed by atoms with Crippen LogP contribution < -0.4 is 5.32 Å². The molecule has 1 N–H and O–H groups in total. The van der Waals surface area contributed by atoms with Gasteiger partial charge in [0.1, 0.15) is 0 Å². The first-order chi connectivity index (χ1) is 6.22. The van der Waals surface area contributed by atoms with E-state index in [1.54, 1.807) is 0 Å². The molecule has 0 bridgehead atoms. The van der Waals surface area contributed by atoms with Crippen LogP contribution in [-0.4, -0.2) is 36.6 Å². The third-order valence-electron chi connectivity index (χ3n) is 4.43. The first-order valence-electron chi connectivity index (χ1n) is 5.70. The Morgan fingerprint density at radius 3 is 2.77 bits per heavy atom. The molecule has 3 unspecified atom stereocenters. The molecule has 3 rings (SSSR count). The predicted octanol–water partition coefficient (Wildman–Crippen LogP) is 1.08. The summed E-state index contributed by atoms with van der Waals surface area (Å²) in [5.74, 6) is 1.03. The number of piperidine rings is 1. The lowest BCUT2D eigenvalue weighted by atomic mass is 9.91. The van der Waals surface area contributed by atoms with Gasteiger partial charge in [-0.3, -0.25) is 0 Å². The summed E-state index contributed by atoms with van der Waals surface area (Å²) in [6.45, 7) is 8.66. The van der Waals surface area contributed by atoms with E-state index in [0.717, 1.165) is 23.4 Å². The molecule has 2 saturated heterocycles. The Kier molecular flexibility index (Phi) is 1.58. The van der Waals surface area contributed by atoms with Crippen molar-refractivity contribution in [1.29, 1.82) is 0 Å². The van der Waals surface area contributed by atoms with E-state index >= 15 is 0 Å². The molecule has 0 aromatic rings. The summed E-state index contributed by atoms with van der Waals surface area (Å²) in [6.07, 6.45) is 2.96. The maximum atomic E-state index is 3.51. The number of hydrogen-bond acceptors (Lipinski definition) is 2. The van der Waals surface area contributed by atoms with Crippen molar-refractivity contribution in [3.63, 3.8) is 0 Å². The fraction of sp³-hybridized carbons (Fsp3) is 1.00. The maximum absolute atomic E-state index is 3.51. The lowest BCUT2D eigenvalue weighted by Gasteiger charge is -2.34. The number of rotatable bonds is 2. The summed E-state index contributed by atoms with van der Waals surface area (Å²) in [7, 11) is 0. The Morgan fingerprint density at radius 1 is 1.46 bits per heavy atom. The van der Waals surface area contributed by atoms with Crippen LogP contribution in [-0.2, 0) is 0 Å². The topological polar surface area (TPSA) is 25.2 Å². The molecule has 0 aromatic heterocycles. The number of likely N-dealkylation sites (tertiary alicyclic amines) is 1. The van der Waals surface area contributed by atoms with Crippen LogP contribution >= 0.6 is 0 Å². The average molecular weight is 180 g/mol. The minimum Gasteiger partial charge on any atom is -0.311 e. The first-order valence-corrected chi connectivity index (χ1v) is 5.70. The Balaban J connectivity index is 1.65. The van der Waals surface area contributed by atoms with Gasteiger partial charge in [0.15, 0.2) is 0 Å². The van der Waals surface area contributed by atoms with Gasteiger partial charge in [0.05, 0.1) is 0 Å². The van der Waals surface area contributed by atoms with Crippen molar-refractivity contribution in [3.05, 3.63) is 0 Å². The SMILES string of the molecule is CC(C)N1CCC2(C3CN3)CC2C1. The predicted molar refractivity (Wildman–Crippen MR) is 53.7 cm³/mol. The van der Waals surface area contributed by atoms with Crippen LogP contribution in [0.2, 0.25) is 0 Å². The molecule has 1 saturated carbocycles. The molecule has 2 heteroatoms. The molecule has 0 spiro atoms. The Hall–Kier alpha value is -0.0800. The van der Waals surface area contributed by atoms with Gasteiger partial charge >= 0.3 is 0 Å². The number of hydrogen-bond donors (Lipinski definition) is 1. The van der Waals surface area contributed by atoms with Crippen molar-refractivity contribution in [2.24, 2.45) is 11.3 Å². The van der Waals surface area contributed by atoms with Crippen LogP contribution in [0.15, 0.2) is 0 Å². The Bertz CT molecular complexity index is 222. The zero-order chi connectivity index (χ0) is 9.05. The molecule has 3 fully saturated rings. The van der Waals surface area contributed by atoms with Crippen LogP contribution in [0.25, 0.3) is 0 Å². The first kappa shape index (κ1) is 8.25. The van der Waals surface area contributed by atoms with Gasteiger partial charge in [0, 0.05) is 25.2 Å². The van der Waals surface area contributed by atoms with Gasteiger partial charge in [-0.1, -0.05) is 0 Å². The lowest BCUT2D eigenvalue weighted by Crippen LogP contribution is -2.40. The fourth-order valence-corrected chi connectivity index (χ4v) is 3.21. The van der Waals surface area contributed by atoms with E-state index < -0.39 is 0 Å². The van der Waals surface area contributed by atoms with E-state index in [0.29, 0.717) is 0 Å². The highest BCUT2D eigenvalue weighted by Crippen LogP contribution is 2.62. The summed E-state index contributed by atoms with van der Waals surface area (Å²) in [5.41, 5.74) is 0.769. The third-order valence-corrected chi connectivity index (χ3v) is 4.43. The minimum absolute atomic E-state index is 0.755. The maximum Gasteiger partial charge on any atom is 0.0253 e. The van der Waals surface area contributed by atoms with Crippen molar-refractivity contribution >= 4 is 0 Å². The fourth-order valence-electron chi connectivity index (χ4n) is 3.21. The molecule has 3 aliphatic rings. The molecule has 0 amide bonds. The summed E-state index contributed by atoms with van der Waals surface area (Å²) in [4.78, 5) is 2.65. The van der Waals surface area contributed by atoms with Crippen molar-refractivity contribution in [2.45, 2.75) is 38.8 Å². The van der Waals surface area contributed by atoms with E-state index in [-0.39, 0.29) is 0 Å². The van der Waals surface area contributed by atoms with E-state index in [4.69, 9.17) is 0 Å². The molecule has 0 aromatic carbocycles. The summed E-state index contributed by atoms with van der Waals surface area (Å²) >= 11 is 0. The van der Waals surface area contributed by atoms with Crippen molar-refractivity contribution < 1.29 is 0 Å². The minimum atomic E-state index is 0.755. The van der Waals surface area contributed by atoms with E-state index in [9.17, 15) is 0 Å². The zero-order valence-electron chi connectivity index (χ0n) is 8.71. The van der Waals surface area contributed by atoms with Gasteiger partial charge in [-0.25, -0.2) is 0 Å². The number of nitrogens with one attached hydrogen (secondary N) is 1. The van der Waals surface area contributed by atoms with Crippen LogP contribution in [0, 0.1) is 11.3 Å². The van der Waals surface area contributed by atoms with Gasteiger partial charge in [0.2, 0.25) is 0 Å². The van der Waals surface area contributed by atoms with Gasteiger partial charge in [-0.05, 0) is 44.6 Å². The average Bonchev–Trinajstić information content (AvgIpc) is 2.98. The second-order valence-corrected chi connectivity index (χ2v) is 5.43. The third kappa shape index (κ3) is 1.15. The lowest BCUT2D eigenvalue weighted by molar-refractivity contribution is 0.143. The summed E-state index contributed by atoms with van der Waals surface area (Å²) < 4.78 is 0. The molecule has 13 heavy (non-hydrogen) atoms. The van der Waals surface area contributed by atoms with Crippen LogP contribution in [0.3, 0.4) is 0 Å². The molecule has 0 radical (unpaired) electrons. The highest BCUT2D eigenvalue weighted by molar-refractivity contribution is 5.17. The van der Waals surface area contributed by atoms with Crippen molar-refractivity contribution in [2.75, 3.05) is 19.6 Å². The van der Waals surface area contributed by atoms with Crippen LogP contribution in [0.5, 0.6) is 0 Å². The second-order valence-electron chi connectivity index (χ2n) is 5.43. The second kappa shape index (κ2) is 2.48. The molecular weight excluding hydrogens is 160 g/mol. The smallest absolute Gasteiger partial charge is 0.0253 e. The Morgan fingerprint density at radius 2 is 2.23 bits per heavy atom. The zero-order valence-corrected chi connectivity index (χ0v) is 8.71. The molecular formula is C11H20N2. The number of fused-ring (bicyclic) bond motifs is 1. The molecule has 1 aliphatic carbocycles. The Labute approximate surface area is 80.7 Å². The number of nitrogens with zero attached hydrogens (tertiary/aromatic N) is 1. The molecule has 2 heterocycles. The molecule has 2 aliphatic heterocycles. The highest BCUT2D eigenvalue weighted by Gasteiger charge is 2.63. The normalized spacial score (nSPS) is 49.2. The van der Waals surface area contributed by atoms with E-state index in [1.165, 1.54) is 32.5 Å². The van der Waals surface area contributed by atoms with Crippen LogP contribution in [0.1, 0.15) is 26.7 Å². The highest BCUT2D eigenvalue weighted by atomic mass is 15.2. The van der Waals surface area contributed by atoms with E-state index in [2.05, 4.69) is 24.1 Å². The van der Waals surface area contributed by atoms with Gasteiger partial charge in [-0.2, -0.15) is 0 Å². The molecule has 74 valence electrons. The molecule has 2 nitrogen and oxygen atoms in total. The molecule has 3 atom stereocenters. The van der Waals surface area contributed by atoms with Gasteiger partial charge in [-0.15, -0.1) is 0 Å².